The summed E-state index contributed by atoms with van der Waals surface area (Å²) >= 11 is 0. The van der Waals surface area contributed by atoms with Crippen molar-refractivity contribution in [1.29, 1.82) is 5.26 Å². The van der Waals surface area contributed by atoms with E-state index in [0.717, 1.165) is 42.4 Å². The number of hydrogen-bond acceptors (Lipinski definition) is 5. The lowest BCUT2D eigenvalue weighted by molar-refractivity contribution is 0.841. The zero-order valence-electron chi connectivity index (χ0n) is 10.7. The Labute approximate surface area is 111 Å². The van der Waals surface area contributed by atoms with Crippen LogP contribution in [0.15, 0.2) is 24.5 Å². The predicted molar refractivity (Wildman–Crippen MR) is 70.2 cm³/mol. The first-order chi connectivity index (χ1) is 9.30. The van der Waals surface area contributed by atoms with Gasteiger partial charge in [-0.05, 0) is 12.1 Å². The molecule has 0 amide bonds. The molecule has 94 valence electrons. The van der Waals surface area contributed by atoms with Crippen molar-refractivity contribution < 1.29 is 0 Å². The molecule has 5 heteroatoms. The molecule has 0 saturated heterocycles. The summed E-state index contributed by atoms with van der Waals surface area (Å²) in [6.45, 7) is 3.53. The Balaban J connectivity index is 1.89. The molecule has 1 aliphatic rings. The Bertz CT molecular complexity index is 659. The molecule has 0 unspecified atom stereocenters. The Morgan fingerprint density at radius 2 is 2.26 bits per heavy atom. The number of nitriles is 1. The van der Waals surface area contributed by atoms with Crippen molar-refractivity contribution in [2.45, 2.75) is 26.4 Å². The minimum absolute atomic E-state index is 0.626. The van der Waals surface area contributed by atoms with E-state index in [1.807, 2.05) is 13.1 Å². The molecule has 0 radical (unpaired) electrons. The number of fused-ring (bicyclic) bond motifs is 1. The van der Waals surface area contributed by atoms with E-state index in [0.29, 0.717) is 5.56 Å². The van der Waals surface area contributed by atoms with E-state index < -0.39 is 0 Å². The van der Waals surface area contributed by atoms with Gasteiger partial charge in [0.25, 0.3) is 0 Å². The van der Waals surface area contributed by atoms with Crippen LogP contribution < -0.4 is 4.90 Å². The number of aromatic nitrogens is 3. The molecule has 1 aliphatic heterocycles. The van der Waals surface area contributed by atoms with Crippen molar-refractivity contribution in [3.05, 3.63) is 47.2 Å². The van der Waals surface area contributed by atoms with Crippen LogP contribution in [0.4, 0.5) is 5.82 Å². The third-order valence-corrected chi connectivity index (χ3v) is 3.22. The molecule has 0 atom stereocenters. The maximum absolute atomic E-state index is 8.93. The van der Waals surface area contributed by atoms with Gasteiger partial charge in [0, 0.05) is 30.9 Å². The van der Waals surface area contributed by atoms with Crippen molar-refractivity contribution in [3.8, 4) is 6.07 Å². The molecule has 0 aliphatic carbocycles. The summed E-state index contributed by atoms with van der Waals surface area (Å²) < 4.78 is 0. The highest BCUT2D eigenvalue weighted by atomic mass is 15.2. The summed E-state index contributed by atoms with van der Waals surface area (Å²) in [5.74, 6) is 1.69. The molecule has 0 aromatic carbocycles. The van der Waals surface area contributed by atoms with Crippen molar-refractivity contribution in [1.82, 2.24) is 15.0 Å². The van der Waals surface area contributed by atoms with Crippen LogP contribution in [0.1, 0.15) is 29.6 Å². The fraction of sp³-hybridized carbons (Fsp3) is 0.286. The van der Waals surface area contributed by atoms with Crippen LogP contribution in [0, 0.1) is 11.3 Å². The van der Waals surface area contributed by atoms with E-state index in [1.165, 1.54) is 0 Å². The number of rotatable bonds is 2. The molecule has 0 N–H and O–H groups in total. The number of hydrogen-bond donors (Lipinski definition) is 0. The number of nitrogens with zero attached hydrogens (tertiary/aromatic N) is 5. The lowest BCUT2D eigenvalue weighted by Crippen LogP contribution is -2.16. The average molecular weight is 251 g/mol. The summed E-state index contributed by atoms with van der Waals surface area (Å²) in [6.07, 6.45) is 4.41. The van der Waals surface area contributed by atoms with Gasteiger partial charge in [0.1, 0.15) is 11.6 Å². The third-order valence-electron chi connectivity index (χ3n) is 3.22. The highest BCUT2D eigenvalue weighted by Crippen LogP contribution is 2.25. The molecule has 3 rings (SSSR count). The Morgan fingerprint density at radius 1 is 1.37 bits per heavy atom. The van der Waals surface area contributed by atoms with Crippen LogP contribution in [0.5, 0.6) is 0 Å². The topological polar surface area (TPSA) is 65.7 Å². The maximum atomic E-state index is 8.93. The highest BCUT2D eigenvalue weighted by Gasteiger charge is 2.22. The summed E-state index contributed by atoms with van der Waals surface area (Å²) in [5.41, 5.74) is 2.83. The minimum Gasteiger partial charge on any atom is -0.346 e. The molecule has 19 heavy (non-hydrogen) atoms. The molecular formula is C14H13N5. The lowest BCUT2D eigenvalue weighted by Gasteiger charge is -2.15. The molecular weight excluding hydrogens is 238 g/mol. The molecule has 0 spiro atoms. The number of pyridine rings is 1. The van der Waals surface area contributed by atoms with E-state index in [1.54, 1.807) is 18.3 Å². The first-order valence-electron chi connectivity index (χ1n) is 6.25. The molecule has 3 heterocycles. The second kappa shape index (κ2) is 4.65. The predicted octanol–water partition coefficient (Wildman–Crippen LogP) is 1.83. The van der Waals surface area contributed by atoms with Gasteiger partial charge in [-0.25, -0.2) is 15.0 Å². The second-order valence-corrected chi connectivity index (χ2v) is 4.48. The SMILES string of the molecule is CCc1ncc2c(n1)CN(c1cc(C#N)ccn1)C2. The number of anilines is 1. The first kappa shape index (κ1) is 11.6. The van der Waals surface area contributed by atoms with Crippen molar-refractivity contribution in [2.24, 2.45) is 0 Å². The summed E-state index contributed by atoms with van der Waals surface area (Å²) in [7, 11) is 0. The quantitative estimate of drug-likeness (QED) is 0.814. The van der Waals surface area contributed by atoms with Gasteiger partial charge >= 0.3 is 0 Å². The van der Waals surface area contributed by atoms with E-state index >= 15 is 0 Å². The van der Waals surface area contributed by atoms with E-state index in [-0.39, 0.29) is 0 Å². The molecule has 5 nitrogen and oxygen atoms in total. The van der Waals surface area contributed by atoms with Crippen LogP contribution in [0.25, 0.3) is 0 Å². The first-order valence-corrected chi connectivity index (χ1v) is 6.25. The monoisotopic (exact) mass is 251 g/mol. The Kier molecular flexibility index (Phi) is 2.84. The molecule has 0 saturated carbocycles. The van der Waals surface area contributed by atoms with E-state index in [4.69, 9.17) is 5.26 Å². The van der Waals surface area contributed by atoms with Gasteiger partial charge in [-0.1, -0.05) is 6.92 Å². The lowest BCUT2D eigenvalue weighted by atomic mass is 10.3. The summed E-state index contributed by atoms with van der Waals surface area (Å²) in [4.78, 5) is 15.3. The molecule has 2 aromatic heterocycles. The second-order valence-electron chi connectivity index (χ2n) is 4.48. The van der Waals surface area contributed by atoms with Crippen LogP contribution in [0.3, 0.4) is 0 Å². The average Bonchev–Trinajstić information content (AvgIpc) is 2.90. The van der Waals surface area contributed by atoms with Gasteiger partial charge in [0.15, 0.2) is 0 Å². The fourth-order valence-corrected chi connectivity index (χ4v) is 2.19. The van der Waals surface area contributed by atoms with E-state index in [2.05, 4.69) is 25.9 Å². The largest absolute Gasteiger partial charge is 0.346 e. The normalized spacial score (nSPS) is 13.2. The van der Waals surface area contributed by atoms with Gasteiger partial charge in [-0.3, -0.25) is 0 Å². The molecule has 0 fully saturated rings. The zero-order chi connectivity index (χ0) is 13.2. The third kappa shape index (κ3) is 2.13. The van der Waals surface area contributed by atoms with Crippen molar-refractivity contribution in [2.75, 3.05) is 4.90 Å². The molecule has 2 aromatic rings. The van der Waals surface area contributed by atoms with Crippen molar-refractivity contribution >= 4 is 5.82 Å². The van der Waals surface area contributed by atoms with Crippen molar-refractivity contribution in [3.63, 3.8) is 0 Å². The summed E-state index contributed by atoms with van der Waals surface area (Å²) in [5, 5.41) is 8.93. The van der Waals surface area contributed by atoms with Gasteiger partial charge < -0.3 is 4.90 Å². The van der Waals surface area contributed by atoms with Crippen LogP contribution >= 0.6 is 0 Å². The van der Waals surface area contributed by atoms with Gasteiger partial charge in [0.2, 0.25) is 0 Å². The van der Waals surface area contributed by atoms with Crippen LogP contribution in [-0.4, -0.2) is 15.0 Å². The standard InChI is InChI=1S/C14H13N5/c1-2-13-17-7-11-8-19(9-12(11)18-13)14-5-10(6-15)3-4-16-14/h3-5,7H,2,8-9H2,1H3. The molecule has 0 bridgehead atoms. The number of aryl methyl sites for hydroxylation is 1. The fourth-order valence-electron chi connectivity index (χ4n) is 2.19. The van der Waals surface area contributed by atoms with E-state index in [9.17, 15) is 0 Å². The smallest absolute Gasteiger partial charge is 0.130 e. The van der Waals surface area contributed by atoms with Crippen LogP contribution in [-0.2, 0) is 19.5 Å². The Hall–Kier alpha value is -2.48. The zero-order valence-corrected chi connectivity index (χ0v) is 10.7. The minimum atomic E-state index is 0.626. The van der Waals surface area contributed by atoms with Gasteiger partial charge in [-0.2, -0.15) is 5.26 Å². The highest BCUT2D eigenvalue weighted by molar-refractivity contribution is 5.48. The van der Waals surface area contributed by atoms with Gasteiger partial charge in [-0.15, -0.1) is 0 Å². The Morgan fingerprint density at radius 3 is 3.05 bits per heavy atom. The summed E-state index contributed by atoms with van der Waals surface area (Å²) in [6, 6.07) is 5.65. The maximum Gasteiger partial charge on any atom is 0.130 e. The van der Waals surface area contributed by atoms with Gasteiger partial charge in [0.05, 0.1) is 23.9 Å². The van der Waals surface area contributed by atoms with Crippen LogP contribution in [0.2, 0.25) is 0 Å².